The third-order valence-corrected chi connectivity index (χ3v) is 4.46. The molecule has 0 unspecified atom stereocenters. The summed E-state index contributed by atoms with van der Waals surface area (Å²) in [6, 6.07) is 9.48. The summed E-state index contributed by atoms with van der Waals surface area (Å²) in [4.78, 5) is 13.7. The number of aliphatic hydroxyl groups is 1. The second-order valence-electron chi connectivity index (χ2n) is 5.91. The van der Waals surface area contributed by atoms with Crippen LogP contribution in [0, 0.1) is 0 Å². The number of benzene rings is 1. The van der Waals surface area contributed by atoms with Gasteiger partial charge in [-0.1, -0.05) is 18.2 Å². The predicted octanol–water partition coefficient (Wildman–Crippen LogP) is 2.56. The van der Waals surface area contributed by atoms with Crippen molar-refractivity contribution in [3.05, 3.63) is 36.5 Å². The van der Waals surface area contributed by atoms with E-state index in [-0.39, 0.29) is 25.5 Å². The SMILES string of the molecule is O=C(Cn1ccc2ccccc21)N1CCC(O)(C(F)(F)F)CC1. The number of piperidine rings is 1. The molecule has 124 valence electrons. The Kier molecular flexibility index (Phi) is 3.83. The Morgan fingerprint density at radius 2 is 1.83 bits per heavy atom. The van der Waals surface area contributed by atoms with Gasteiger partial charge in [-0.3, -0.25) is 4.79 Å². The molecule has 7 heteroatoms. The minimum Gasteiger partial charge on any atom is -0.380 e. The van der Waals surface area contributed by atoms with Crippen molar-refractivity contribution in [1.82, 2.24) is 9.47 Å². The fourth-order valence-electron chi connectivity index (χ4n) is 2.93. The average molecular weight is 326 g/mol. The van der Waals surface area contributed by atoms with E-state index >= 15 is 0 Å². The number of halogens is 3. The largest absolute Gasteiger partial charge is 0.417 e. The zero-order valence-corrected chi connectivity index (χ0v) is 12.4. The quantitative estimate of drug-likeness (QED) is 0.922. The molecular formula is C16H17F3N2O2. The van der Waals surface area contributed by atoms with Crippen molar-refractivity contribution in [1.29, 1.82) is 0 Å². The molecule has 1 N–H and O–H groups in total. The minimum atomic E-state index is -4.65. The highest BCUT2D eigenvalue weighted by Gasteiger charge is 2.54. The van der Waals surface area contributed by atoms with E-state index in [2.05, 4.69) is 0 Å². The number of carbonyl (C=O) groups is 1. The van der Waals surface area contributed by atoms with Crippen LogP contribution in [0.1, 0.15) is 12.8 Å². The van der Waals surface area contributed by atoms with Crippen molar-refractivity contribution < 1.29 is 23.1 Å². The van der Waals surface area contributed by atoms with E-state index in [0.717, 1.165) is 10.9 Å². The normalized spacial score (nSPS) is 18.3. The van der Waals surface area contributed by atoms with Crippen molar-refractivity contribution in [2.24, 2.45) is 0 Å². The molecule has 1 aliphatic heterocycles. The number of hydrogen-bond donors (Lipinski definition) is 1. The Hall–Kier alpha value is -2.02. The van der Waals surface area contributed by atoms with Gasteiger partial charge in [0.2, 0.25) is 5.91 Å². The fraction of sp³-hybridized carbons (Fsp3) is 0.438. The second-order valence-corrected chi connectivity index (χ2v) is 5.91. The first-order valence-corrected chi connectivity index (χ1v) is 7.41. The molecule has 2 aromatic rings. The minimum absolute atomic E-state index is 0.0813. The third kappa shape index (κ3) is 2.93. The third-order valence-electron chi connectivity index (χ3n) is 4.46. The Morgan fingerprint density at radius 1 is 1.17 bits per heavy atom. The molecule has 23 heavy (non-hydrogen) atoms. The van der Waals surface area contributed by atoms with Gasteiger partial charge in [0.05, 0.1) is 0 Å². The first-order valence-electron chi connectivity index (χ1n) is 7.41. The lowest BCUT2D eigenvalue weighted by Gasteiger charge is -2.39. The summed E-state index contributed by atoms with van der Waals surface area (Å²) in [5.74, 6) is -0.240. The monoisotopic (exact) mass is 326 g/mol. The van der Waals surface area contributed by atoms with E-state index in [9.17, 15) is 23.1 Å². The van der Waals surface area contributed by atoms with Crippen LogP contribution in [0.3, 0.4) is 0 Å². The molecule has 0 saturated carbocycles. The van der Waals surface area contributed by atoms with Crippen molar-refractivity contribution in [3.63, 3.8) is 0 Å². The van der Waals surface area contributed by atoms with Gasteiger partial charge >= 0.3 is 6.18 Å². The maximum atomic E-state index is 12.8. The summed E-state index contributed by atoms with van der Waals surface area (Å²) in [7, 11) is 0. The first kappa shape index (κ1) is 15.9. The van der Waals surface area contributed by atoms with Crippen molar-refractivity contribution in [2.75, 3.05) is 13.1 Å². The lowest BCUT2D eigenvalue weighted by molar-refractivity contribution is -0.272. The van der Waals surface area contributed by atoms with Crippen LogP contribution in [0.2, 0.25) is 0 Å². The van der Waals surface area contributed by atoms with Gasteiger partial charge in [0.1, 0.15) is 6.54 Å². The number of carbonyl (C=O) groups excluding carboxylic acids is 1. The molecule has 1 aliphatic rings. The summed E-state index contributed by atoms with van der Waals surface area (Å²) >= 11 is 0. The van der Waals surface area contributed by atoms with Gasteiger partial charge in [-0.25, -0.2) is 0 Å². The summed E-state index contributed by atoms with van der Waals surface area (Å²) < 4.78 is 40.1. The van der Waals surface area contributed by atoms with Gasteiger partial charge in [-0.2, -0.15) is 13.2 Å². The van der Waals surface area contributed by atoms with Crippen LogP contribution in [0.15, 0.2) is 36.5 Å². The summed E-state index contributed by atoms with van der Waals surface area (Å²) in [5, 5.41) is 10.6. The second kappa shape index (κ2) is 5.56. The maximum absolute atomic E-state index is 12.8. The van der Waals surface area contributed by atoms with Crippen molar-refractivity contribution in [2.45, 2.75) is 31.2 Å². The molecule has 2 heterocycles. The smallest absolute Gasteiger partial charge is 0.380 e. The standard InChI is InChI=1S/C16H17F3N2O2/c17-16(18,19)15(23)6-9-20(10-7-15)14(22)11-21-8-5-12-3-1-2-4-13(12)21/h1-5,8,23H,6-7,9-11H2. The van der Waals surface area contributed by atoms with Gasteiger partial charge < -0.3 is 14.6 Å². The topological polar surface area (TPSA) is 45.5 Å². The highest BCUT2D eigenvalue weighted by atomic mass is 19.4. The van der Waals surface area contributed by atoms with E-state index in [1.165, 1.54) is 4.90 Å². The Morgan fingerprint density at radius 3 is 2.48 bits per heavy atom. The number of para-hydroxylation sites is 1. The van der Waals surface area contributed by atoms with Crippen LogP contribution in [0.5, 0.6) is 0 Å². The van der Waals surface area contributed by atoms with Crippen LogP contribution in [-0.4, -0.2) is 45.3 Å². The molecule has 0 aliphatic carbocycles. The van der Waals surface area contributed by atoms with Crippen LogP contribution in [0.4, 0.5) is 13.2 Å². The maximum Gasteiger partial charge on any atom is 0.417 e. The number of rotatable bonds is 2. The average Bonchev–Trinajstić information content (AvgIpc) is 2.90. The number of likely N-dealkylation sites (tertiary alicyclic amines) is 1. The van der Waals surface area contributed by atoms with E-state index in [4.69, 9.17) is 0 Å². The van der Waals surface area contributed by atoms with Crippen LogP contribution < -0.4 is 0 Å². The Labute approximate surface area is 131 Å². The fourth-order valence-corrected chi connectivity index (χ4v) is 2.93. The van der Waals surface area contributed by atoms with Gasteiger partial charge in [0.15, 0.2) is 5.60 Å². The van der Waals surface area contributed by atoms with Gasteiger partial charge in [0.25, 0.3) is 0 Å². The molecule has 0 atom stereocenters. The molecule has 0 spiro atoms. The number of hydrogen-bond acceptors (Lipinski definition) is 2. The zero-order chi connectivity index (χ0) is 16.7. The molecule has 0 radical (unpaired) electrons. The zero-order valence-electron chi connectivity index (χ0n) is 12.4. The highest BCUT2D eigenvalue weighted by Crippen LogP contribution is 2.38. The lowest BCUT2D eigenvalue weighted by Crippen LogP contribution is -2.54. The van der Waals surface area contributed by atoms with Gasteiger partial charge in [0, 0.05) is 37.6 Å². The predicted molar refractivity (Wildman–Crippen MR) is 78.8 cm³/mol. The molecular weight excluding hydrogens is 309 g/mol. The van der Waals surface area contributed by atoms with E-state index < -0.39 is 24.6 Å². The molecule has 1 amide bonds. The molecule has 1 aromatic heterocycles. The lowest BCUT2D eigenvalue weighted by atomic mass is 9.91. The Balaban J connectivity index is 1.66. The summed E-state index contributed by atoms with van der Waals surface area (Å²) in [5.41, 5.74) is -1.77. The number of nitrogens with zero attached hydrogens (tertiary/aromatic N) is 2. The van der Waals surface area contributed by atoms with E-state index in [1.54, 1.807) is 10.8 Å². The Bertz CT molecular complexity index is 715. The highest BCUT2D eigenvalue weighted by molar-refractivity contribution is 5.83. The molecule has 4 nitrogen and oxygen atoms in total. The summed E-state index contributed by atoms with van der Waals surface area (Å²) in [6.07, 6.45) is -3.82. The summed E-state index contributed by atoms with van der Waals surface area (Å²) in [6.45, 7) is -0.0972. The molecule has 3 rings (SSSR count). The molecule has 1 aromatic carbocycles. The number of alkyl halides is 3. The van der Waals surface area contributed by atoms with Gasteiger partial charge in [-0.15, -0.1) is 0 Å². The molecule has 0 bridgehead atoms. The number of fused-ring (bicyclic) bond motifs is 1. The number of aromatic nitrogens is 1. The van der Waals surface area contributed by atoms with Crippen molar-refractivity contribution >= 4 is 16.8 Å². The molecule has 1 fully saturated rings. The number of amides is 1. The van der Waals surface area contributed by atoms with Crippen LogP contribution >= 0.6 is 0 Å². The van der Waals surface area contributed by atoms with E-state index in [1.807, 2.05) is 30.3 Å². The van der Waals surface area contributed by atoms with Gasteiger partial charge in [-0.05, 0) is 17.5 Å². The van der Waals surface area contributed by atoms with Crippen LogP contribution in [-0.2, 0) is 11.3 Å². The first-order chi connectivity index (χ1) is 10.8. The van der Waals surface area contributed by atoms with Crippen LogP contribution in [0.25, 0.3) is 10.9 Å². The molecule has 1 saturated heterocycles. The van der Waals surface area contributed by atoms with Crippen molar-refractivity contribution in [3.8, 4) is 0 Å². The van der Waals surface area contributed by atoms with E-state index in [0.29, 0.717) is 0 Å².